The molecule has 2 rings (SSSR count). The lowest BCUT2D eigenvalue weighted by Gasteiger charge is -2.08. The summed E-state index contributed by atoms with van der Waals surface area (Å²) in [7, 11) is 0. The highest BCUT2D eigenvalue weighted by Gasteiger charge is 2.12. The van der Waals surface area contributed by atoms with Crippen LogP contribution in [0.5, 0.6) is 0 Å². The van der Waals surface area contributed by atoms with Gasteiger partial charge in [0.25, 0.3) is 12.0 Å². The number of aromatic nitrogens is 2. The lowest BCUT2D eigenvalue weighted by molar-refractivity contribution is 0.120. The van der Waals surface area contributed by atoms with Crippen LogP contribution in [0.15, 0.2) is 39.6 Å². The van der Waals surface area contributed by atoms with Crippen molar-refractivity contribution in [1.82, 2.24) is 9.78 Å². The smallest absolute Gasteiger partial charge is 0.290 e. The van der Waals surface area contributed by atoms with Crippen LogP contribution in [0.25, 0.3) is 11.3 Å². The van der Waals surface area contributed by atoms with Crippen LogP contribution in [0, 0.1) is 0 Å². The number of rotatable bonds is 3. The predicted octanol–water partition coefficient (Wildman–Crippen LogP) is 2.52. The van der Waals surface area contributed by atoms with Crippen molar-refractivity contribution in [1.29, 1.82) is 0 Å². The van der Waals surface area contributed by atoms with Crippen molar-refractivity contribution in [3.8, 4) is 11.3 Å². The minimum Gasteiger partial charge on any atom is -0.394 e. The summed E-state index contributed by atoms with van der Waals surface area (Å²) in [5.41, 5.74) is 5.79. The molecule has 2 aromatic rings. The molecule has 0 atom stereocenters. The van der Waals surface area contributed by atoms with Crippen LogP contribution in [0.3, 0.4) is 0 Å². The minimum atomic E-state index is -2.66. The van der Waals surface area contributed by atoms with Crippen molar-refractivity contribution in [2.24, 2.45) is 0 Å². The summed E-state index contributed by atoms with van der Waals surface area (Å²) in [5, 5.41) is 3.91. The van der Waals surface area contributed by atoms with E-state index in [1.54, 1.807) is 18.2 Å². The summed E-state index contributed by atoms with van der Waals surface area (Å²) >= 11 is 3.30. The van der Waals surface area contributed by atoms with Crippen LogP contribution in [0.2, 0.25) is 0 Å². The molecule has 0 saturated heterocycles. The molecule has 0 fully saturated rings. The third kappa shape index (κ3) is 3.17. The molecule has 1 heterocycles. The van der Waals surface area contributed by atoms with Crippen molar-refractivity contribution in [3.05, 3.63) is 45.2 Å². The number of nitrogens with zero attached hydrogens (tertiary/aromatic N) is 2. The standard InChI is InChI=1S/C12H10BrF2N3O/c13-8-3-1-2-7(4-8)10-5-9(16)12(19)18(17-10)6-11(14)15/h1-5,11H,6,16H2. The molecular weight excluding hydrogens is 320 g/mol. The Kier molecular flexibility index (Phi) is 3.94. The third-order valence-electron chi connectivity index (χ3n) is 2.43. The molecule has 100 valence electrons. The average molecular weight is 330 g/mol. The Bertz CT molecular complexity index is 658. The van der Waals surface area contributed by atoms with Crippen LogP contribution in [-0.4, -0.2) is 16.2 Å². The van der Waals surface area contributed by atoms with Gasteiger partial charge in [-0.15, -0.1) is 0 Å². The molecule has 0 aliphatic carbocycles. The zero-order chi connectivity index (χ0) is 14.0. The summed E-state index contributed by atoms with van der Waals surface area (Å²) in [4.78, 5) is 11.6. The van der Waals surface area contributed by atoms with Gasteiger partial charge in [-0.3, -0.25) is 4.79 Å². The maximum atomic E-state index is 12.4. The van der Waals surface area contributed by atoms with Crippen LogP contribution in [-0.2, 0) is 6.54 Å². The first-order valence-corrected chi connectivity index (χ1v) is 6.18. The number of alkyl halides is 2. The predicted molar refractivity (Wildman–Crippen MR) is 72.0 cm³/mol. The molecule has 0 bridgehead atoms. The highest BCUT2D eigenvalue weighted by atomic mass is 79.9. The molecule has 0 aliphatic rings. The van der Waals surface area contributed by atoms with Crippen LogP contribution >= 0.6 is 15.9 Å². The Morgan fingerprint density at radius 3 is 2.74 bits per heavy atom. The molecule has 1 aromatic heterocycles. The van der Waals surface area contributed by atoms with Crippen molar-refractivity contribution in [2.45, 2.75) is 13.0 Å². The van der Waals surface area contributed by atoms with Gasteiger partial charge in [0.15, 0.2) is 0 Å². The number of nitrogen functional groups attached to an aromatic ring is 1. The maximum Gasteiger partial charge on any atom is 0.290 e. The Labute approximate surface area is 116 Å². The zero-order valence-corrected chi connectivity index (χ0v) is 11.3. The molecule has 7 heteroatoms. The number of benzene rings is 1. The largest absolute Gasteiger partial charge is 0.394 e. The second-order valence-corrected chi connectivity index (χ2v) is 4.79. The monoisotopic (exact) mass is 329 g/mol. The summed E-state index contributed by atoms with van der Waals surface area (Å²) in [5.74, 6) is 0. The Hall–Kier alpha value is -1.76. The zero-order valence-electron chi connectivity index (χ0n) is 9.69. The summed E-state index contributed by atoms with van der Waals surface area (Å²) in [6, 6.07) is 8.50. The summed E-state index contributed by atoms with van der Waals surface area (Å²) in [6.45, 7) is -0.773. The second-order valence-electron chi connectivity index (χ2n) is 3.87. The van der Waals surface area contributed by atoms with Gasteiger partial charge in [-0.25, -0.2) is 13.5 Å². The number of hydrogen-bond donors (Lipinski definition) is 1. The molecule has 0 radical (unpaired) electrons. The molecule has 4 nitrogen and oxygen atoms in total. The van der Waals surface area contributed by atoms with Gasteiger partial charge in [0, 0.05) is 10.0 Å². The summed E-state index contributed by atoms with van der Waals surface area (Å²) < 4.78 is 26.3. The van der Waals surface area contributed by atoms with Gasteiger partial charge in [-0.2, -0.15) is 5.10 Å². The van der Waals surface area contributed by atoms with E-state index in [1.165, 1.54) is 6.07 Å². The number of hydrogen-bond acceptors (Lipinski definition) is 3. The van der Waals surface area contributed by atoms with E-state index in [4.69, 9.17) is 5.73 Å². The number of nitrogens with two attached hydrogens (primary N) is 1. The van der Waals surface area contributed by atoms with Gasteiger partial charge < -0.3 is 5.73 Å². The SMILES string of the molecule is Nc1cc(-c2cccc(Br)c2)nn(CC(F)F)c1=O. The Morgan fingerprint density at radius 2 is 2.11 bits per heavy atom. The minimum absolute atomic E-state index is 0.106. The normalized spacial score (nSPS) is 10.9. The van der Waals surface area contributed by atoms with Gasteiger partial charge in [-0.1, -0.05) is 28.1 Å². The molecular formula is C12H10BrF2N3O. The van der Waals surface area contributed by atoms with E-state index in [-0.39, 0.29) is 5.69 Å². The molecule has 0 aliphatic heterocycles. The van der Waals surface area contributed by atoms with E-state index in [9.17, 15) is 13.6 Å². The molecule has 2 N–H and O–H groups in total. The van der Waals surface area contributed by atoms with Crippen LogP contribution in [0.1, 0.15) is 0 Å². The van der Waals surface area contributed by atoms with Gasteiger partial charge >= 0.3 is 0 Å². The first-order chi connectivity index (χ1) is 8.97. The summed E-state index contributed by atoms with van der Waals surface area (Å²) in [6.07, 6.45) is -2.66. The first-order valence-electron chi connectivity index (χ1n) is 5.39. The van der Waals surface area contributed by atoms with E-state index in [1.807, 2.05) is 6.07 Å². The van der Waals surface area contributed by atoms with Crippen molar-refractivity contribution >= 4 is 21.6 Å². The van der Waals surface area contributed by atoms with Crippen molar-refractivity contribution in [3.63, 3.8) is 0 Å². The van der Waals surface area contributed by atoms with E-state index >= 15 is 0 Å². The molecule has 0 amide bonds. The van der Waals surface area contributed by atoms with E-state index < -0.39 is 18.5 Å². The topological polar surface area (TPSA) is 60.9 Å². The van der Waals surface area contributed by atoms with Gasteiger partial charge in [-0.05, 0) is 18.2 Å². The Balaban J connectivity index is 2.53. The van der Waals surface area contributed by atoms with Gasteiger partial charge in [0.2, 0.25) is 0 Å². The van der Waals surface area contributed by atoms with Gasteiger partial charge in [0.1, 0.15) is 12.2 Å². The van der Waals surface area contributed by atoms with E-state index in [2.05, 4.69) is 21.0 Å². The molecule has 0 spiro atoms. The lowest BCUT2D eigenvalue weighted by Crippen LogP contribution is -2.28. The quantitative estimate of drug-likeness (QED) is 0.941. The fourth-order valence-corrected chi connectivity index (χ4v) is 2.00. The van der Waals surface area contributed by atoms with Crippen LogP contribution < -0.4 is 11.3 Å². The average Bonchev–Trinajstić information content (AvgIpc) is 2.34. The molecule has 0 unspecified atom stereocenters. The fraction of sp³-hybridized carbons (Fsp3) is 0.167. The Morgan fingerprint density at radius 1 is 1.37 bits per heavy atom. The number of anilines is 1. The first kappa shape index (κ1) is 13.7. The highest BCUT2D eigenvalue weighted by Crippen LogP contribution is 2.21. The van der Waals surface area contributed by atoms with Crippen molar-refractivity contribution < 1.29 is 8.78 Å². The second kappa shape index (κ2) is 5.48. The fourth-order valence-electron chi connectivity index (χ4n) is 1.61. The molecule has 0 saturated carbocycles. The van der Waals surface area contributed by atoms with E-state index in [0.717, 1.165) is 4.47 Å². The third-order valence-corrected chi connectivity index (χ3v) is 2.93. The van der Waals surface area contributed by atoms with Crippen LogP contribution in [0.4, 0.5) is 14.5 Å². The van der Waals surface area contributed by atoms with E-state index in [0.29, 0.717) is 15.9 Å². The lowest BCUT2D eigenvalue weighted by atomic mass is 10.1. The van der Waals surface area contributed by atoms with Crippen molar-refractivity contribution in [2.75, 3.05) is 5.73 Å². The van der Waals surface area contributed by atoms with Gasteiger partial charge in [0.05, 0.1) is 5.69 Å². The molecule has 19 heavy (non-hydrogen) atoms. The molecule has 1 aromatic carbocycles. The highest BCUT2D eigenvalue weighted by molar-refractivity contribution is 9.10. The maximum absolute atomic E-state index is 12.4. The number of halogens is 3.